The normalized spacial score (nSPS) is 12.1. The van der Waals surface area contributed by atoms with Crippen molar-refractivity contribution in [1.82, 2.24) is 10.2 Å². The molecule has 1 unspecified atom stereocenters. The zero-order valence-corrected chi connectivity index (χ0v) is 18.5. The summed E-state index contributed by atoms with van der Waals surface area (Å²) in [6.45, 7) is 2.18. The van der Waals surface area contributed by atoms with E-state index in [2.05, 4.69) is 10.2 Å². The van der Waals surface area contributed by atoms with Crippen LogP contribution in [0.15, 0.2) is 88.1 Å². The monoisotopic (exact) mass is 426 g/mol. The van der Waals surface area contributed by atoms with Crippen LogP contribution in [0, 0.1) is 6.92 Å². The van der Waals surface area contributed by atoms with Crippen molar-refractivity contribution in [1.29, 1.82) is 0 Å². The molecule has 0 saturated heterocycles. The maximum Gasteiger partial charge on any atom is 0.255 e. The third-order valence-electron chi connectivity index (χ3n) is 5.69. The summed E-state index contributed by atoms with van der Waals surface area (Å²) in [5, 5.41) is 3.43. The summed E-state index contributed by atoms with van der Waals surface area (Å²) in [5.41, 5.74) is 2.97. The standard InChI is InChI=1S/C27H26N2O3/c1-18-24(30)21-15-10-16-22(26(21)32-25(18)20-13-8-5-9-14-20)27(31)28-17-23(29(2)3)19-11-6-4-7-12-19/h4-16,23H,17H2,1-3H3,(H,28,31). The molecule has 0 spiro atoms. The maximum atomic E-state index is 13.2. The van der Waals surface area contributed by atoms with Crippen LogP contribution in [0.3, 0.4) is 0 Å². The number of fused-ring (bicyclic) bond motifs is 1. The summed E-state index contributed by atoms with van der Waals surface area (Å²) in [6, 6.07) is 24.6. The van der Waals surface area contributed by atoms with Gasteiger partial charge in [-0.05, 0) is 38.7 Å². The summed E-state index contributed by atoms with van der Waals surface area (Å²) >= 11 is 0. The number of likely N-dealkylation sites (N-methyl/N-ethyl adjacent to an activating group) is 1. The first kappa shape index (κ1) is 21.5. The molecule has 0 aliphatic carbocycles. The Hall–Kier alpha value is -3.70. The Morgan fingerprint density at radius 2 is 1.59 bits per heavy atom. The van der Waals surface area contributed by atoms with Gasteiger partial charge in [-0.2, -0.15) is 0 Å². The lowest BCUT2D eigenvalue weighted by molar-refractivity contribution is 0.0942. The second-order valence-corrected chi connectivity index (χ2v) is 8.03. The molecule has 3 aromatic carbocycles. The largest absolute Gasteiger partial charge is 0.455 e. The smallest absolute Gasteiger partial charge is 0.255 e. The van der Waals surface area contributed by atoms with Gasteiger partial charge in [0.2, 0.25) is 0 Å². The summed E-state index contributed by atoms with van der Waals surface area (Å²) < 4.78 is 6.18. The fourth-order valence-corrected chi connectivity index (χ4v) is 3.91. The van der Waals surface area contributed by atoms with Gasteiger partial charge in [0.25, 0.3) is 5.91 Å². The molecule has 5 heteroatoms. The Kier molecular flexibility index (Phi) is 6.19. The van der Waals surface area contributed by atoms with Crippen LogP contribution in [0.4, 0.5) is 0 Å². The number of hydrogen-bond acceptors (Lipinski definition) is 4. The third-order valence-corrected chi connectivity index (χ3v) is 5.69. The molecule has 1 atom stereocenters. The first-order valence-corrected chi connectivity index (χ1v) is 10.6. The van der Waals surface area contributed by atoms with Crippen LogP contribution in [-0.4, -0.2) is 31.4 Å². The predicted octanol–water partition coefficient (Wildman–Crippen LogP) is 4.80. The maximum absolute atomic E-state index is 13.2. The van der Waals surface area contributed by atoms with Crippen LogP contribution >= 0.6 is 0 Å². The minimum absolute atomic E-state index is 0.0178. The van der Waals surface area contributed by atoms with Gasteiger partial charge in [0.1, 0.15) is 5.76 Å². The molecule has 0 bridgehead atoms. The molecule has 0 aliphatic rings. The molecule has 0 radical (unpaired) electrons. The van der Waals surface area contributed by atoms with Gasteiger partial charge < -0.3 is 14.6 Å². The van der Waals surface area contributed by atoms with Gasteiger partial charge in [0.15, 0.2) is 11.0 Å². The molecule has 0 fully saturated rings. The molecule has 1 amide bonds. The number of para-hydroxylation sites is 1. The highest BCUT2D eigenvalue weighted by Crippen LogP contribution is 2.27. The van der Waals surface area contributed by atoms with Crippen LogP contribution in [0.2, 0.25) is 0 Å². The van der Waals surface area contributed by atoms with Gasteiger partial charge in [0.05, 0.1) is 17.0 Å². The molecule has 5 nitrogen and oxygen atoms in total. The predicted molar refractivity (Wildman–Crippen MR) is 128 cm³/mol. The lowest BCUT2D eigenvalue weighted by atomic mass is 10.0. The number of nitrogens with zero attached hydrogens (tertiary/aromatic N) is 1. The van der Waals surface area contributed by atoms with Gasteiger partial charge in [-0.15, -0.1) is 0 Å². The van der Waals surface area contributed by atoms with Crippen LogP contribution in [-0.2, 0) is 0 Å². The van der Waals surface area contributed by atoms with E-state index in [0.717, 1.165) is 11.1 Å². The second-order valence-electron chi connectivity index (χ2n) is 8.03. The van der Waals surface area contributed by atoms with E-state index < -0.39 is 0 Å². The van der Waals surface area contributed by atoms with E-state index in [1.807, 2.05) is 74.8 Å². The molecule has 4 rings (SSSR count). The van der Waals surface area contributed by atoms with Crippen LogP contribution in [0.1, 0.15) is 27.5 Å². The minimum atomic E-state index is -0.274. The fraction of sp³-hybridized carbons (Fsp3) is 0.185. The number of hydrogen-bond donors (Lipinski definition) is 1. The first-order chi connectivity index (χ1) is 15.5. The number of benzene rings is 3. The van der Waals surface area contributed by atoms with E-state index in [1.54, 1.807) is 25.1 Å². The molecule has 1 N–H and O–H groups in total. The van der Waals surface area contributed by atoms with Crippen molar-refractivity contribution in [2.75, 3.05) is 20.6 Å². The molecular weight excluding hydrogens is 400 g/mol. The van der Waals surface area contributed by atoms with Crippen molar-refractivity contribution in [2.45, 2.75) is 13.0 Å². The Balaban J connectivity index is 1.70. The lowest BCUT2D eigenvalue weighted by Gasteiger charge is -2.25. The summed E-state index contributed by atoms with van der Waals surface area (Å²) in [5.74, 6) is 0.211. The minimum Gasteiger partial charge on any atom is -0.455 e. The van der Waals surface area contributed by atoms with Gasteiger partial charge >= 0.3 is 0 Å². The van der Waals surface area contributed by atoms with E-state index in [1.165, 1.54) is 0 Å². The molecule has 1 aromatic heterocycles. The first-order valence-electron chi connectivity index (χ1n) is 10.6. The van der Waals surface area contributed by atoms with E-state index >= 15 is 0 Å². The fourth-order valence-electron chi connectivity index (χ4n) is 3.91. The molecule has 32 heavy (non-hydrogen) atoms. The molecule has 162 valence electrons. The van der Waals surface area contributed by atoms with Crippen molar-refractivity contribution < 1.29 is 9.21 Å². The number of carbonyl (C=O) groups is 1. The van der Waals surface area contributed by atoms with Crippen molar-refractivity contribution in [2.24, 2.45) is 0 Å². The van der Waals surface area contributed by atoms with Gasteiger partial charge in [-0.1, -0.05) is 66.7 Å². The number of amides is 1. The van der Waals surface area contributed by atoms with Crippen LogP contribution in [0.25, 0.3) is 22.3 Å². The average Bonchev–Trinajstić information content (AvgIpc) is 2.82. The quantitative estimate of drug-likeness (QED) is 0.481. The number of carbonyl (C=O) groups excluding carboxylic acids is 1. The molecule has 0 saturated carbocycles. The number of rotatable bonds is 6. The highest BCUT2D eigenvalue weighted by atomic mass is 16.3. The zero-order valence-electron chi connectivity index (χ0n) is 18.5. The Morgan fingerprint density at radius 3 is 2.25 bits per heavy atom. The highest BCUT2D eigenvalue weighted by Gasteiger charge is 2.20. The van der Waals surface area contributed by atoms with E-state index in [4.69, 9.17) is 4.42 Å². The molecule has 4 aromatic rings. The van der Waals surface area contributed by atoms with Crippen molar-refractivity contribution >= 4 is 16.9 Å². The zero-order chi connectivity index (χ0) is 22.7. The van der Waals surface area contributed by atoms with Gasteiger partial charge in [0, 0.05) is 17.7 Å². The summed E-state index contributed by atoms with van der Waals surface area (Å²) in [6.07, 6.45) is 0. The highest BCUT2D eigenvalue weighted by molar-refractivity contribution is 6.05. The summed E-state index contributed by atoms with van der Waals surface area (Å²) in [4.78, 5) is 28.3. The summed E-state index contributed by atoms with van der Waals surface area (Å²) in [7, 11) is 3.96. The van der Waals surface area contributed by atoms with Crippen LogP contribution < -0.4 is 10.7 Å². The Labute approximate surface area is 187 Å². The van der Waals surface area contributed by atoms with Crippen molar-refractivity contribution in [3.05, 3.63) is 106 Å². The lowest BCUT2D eigenvalue weighted by Crippen LogP contribution is -2.34. The SMILES string of the molecule is Cc1c(-c2ccccc2)oc2c(C(=O)NCC(c3ccccc3)N(C)C)cccc2c1=O. The van der Waals surface area contributed by atoms with E-state index in [-0.39, 0.29) is 17.4 Å². The Bertz CT molecular complexity index is 1300. The molecule has 1 heterocycles. The van der Waals surface area contributed by atoms with Crippen molar-refractivity contribution in [3.8, 4) is 11.3 Å². The van der Waals surface area contributed by atoms with E-state index in [0.29, 0.717) is 34.4 Å². The van der Waals surface area contributed by atoms with E-state index in [9.17, 15) is 9.59 Å². The van der Waals surface area contributed by atoms with Gasteiger partial charge in [-0.3, -0.25) is 9.59 Å². The van der Waals surface area contributed by atoms with Crippen molar-refractivity contribution in [3.63, 3.8) is 0 Å². The third kappa shape index (κ3) is 4.20. The number of nitrogens with one attached hydrogen (secondary N) is 1. The average molecular weight is 427 g/mol. The van der Waals surface area contributed by atoms with Crippen LogP contribution in [0.5, 0.6) is 0 Å². The second kappa shape index (κ2) is 9.20. The Morgan fingerprint density at radius 1 is 0.938 bits per heavy atom. The molecule has 0 aliphatic heterocycles. The topological polar surface area (TPSA) is 62.6 Å². The molecular formula is C27H26N2O3. The van der Waals surface area contributed by atoms with Gasteiger partial charge in [-0.25, -0.2) is 0 Å².